The fraction of sp³-hybridized carbons (Fsp3) is 0.250. The van der Waals surface area contributed by atoms with E-state index >= 15 is 0 Å². The third kappa shape index (κ3) is 5.86. The lowest BCUT2D eigenvalue weighted by molar-refractivity contribution is 0.171. The molecule has 0 rings (SSSR count). The molecule has 0 radical (unpaired) electrons. The van der Waals surface area contributed by atoms with Crippen LogP contribution in [0, 0.1) is 0 Å². The summed E-state index contributed by atoms with van der Waals surface area (Å²) >= 11 is 2.05. The Morgan fingerprint density at radius 3 is 2.14 bits per heavy atom. The summed E-state index contributed by atoms with van der Waals surface area (Å²) in [5.74, 6) is 0. The second-order valence-corrected chi connectivity index (χ2v) is 1.95. The van der Waals surface area contributed by atoms with E-state index in [0.717, 1.165) is 0 Å². The van der Waals surface area contributed by atoms with E-state index in [9.17, 15) is 8.78 Å². The van der Waals surface area contributed by atoms with Crippen LogP contribution < -0.4 is 0 Å². The van der Waals surface area contributed by atoms with E-state index in [1.165, 1.54) is 0 Å². The Hall–Kier alpha value is -0.140. The number of hydrogen-bond acceptors (Lipinski definition) is 0. The van der Waals surface area contributed by atoms with Crippen LogP contribution in [-0.4, -0.2) is 4.83 Å². The van der Waals surface area contributed by atoms with Gasteiger partial charge in [0, 0.05) is 6.08 Å². The molecule has 0 aliphatic carbocycles. The third-order valence-corrected chi connectivity index (χ3v) is 0.495. The van der Waals surface area contributed by atoms with Crippen LogP contribution in [0.3, 0.4) is 0 Å². The molecule has 40 valence electrons. The highest BCUT2D eigenvalue weighted by molar-refractivity contribution is 9.10. The van der Waals surface area contributed by atoms with Crippen molar-refractivity contribution in [3.8, 4) is 0 Å². The fourth-order valence-electron chi connectivity index (χ4n) is 0.116. The highest BCUT2D eigenvalue weighted by Gasteiger charge is 2.17. The van der Waals surface area contributed by atoms with E-state index in [0.29, 0.717) is 6.08 Å². The number of allylic oxidation sites excluding steroid dienone is 1. The average Bonchev–Trinajstić information content (AvgIpc) is 1.30. The Bertz CT molecular complexity index is 96.7. The van der Waals surface area contributed by atoms with Gasteiger partial charge in [-0.3, -0.25) is 0 Å². The van der Waals surface area contributed by atoms with Crippen LogP contribution in [0.1, 0.15) is 0 Å². The Morgan fingerprint density at radius 1 is 1.71 bits per heavy atom. The number of halogens is 3. The van der Waals surface area contributed by atoms with Crippen LogP contribution in [0.2, 0.25) is 0 Å². The SMILES string of the molecule is C=C=CC(F)(F)Br. The topological polar surface area (TPSA) is 0 Å². The van der Waals surface area contributed by atoms with Gasteiger partial charge in [0.2, 0.25) is 0 Å². The highest BCUT2D eigenvalue weighted by Crippen LogP contribution is 2.21. The van der Waals surface area contributed by atoms with Gasteiger partial charge in [-0.2, -0.15) is 8.78 Å². The Labute approximate surface area is 48.7 Å². The van der Waals surface area contributed by atoms with Gasteiger partial charge >= 0.3 is 4.83 Å². The molecule has 0 nitrogen and oxygen atoms in total. The van der Waals surface area contributed by atoms with Crippen molar-refractivity contribution in [3.63, 3.8) is 0 Å². The molecule has 0 bridgehead atoms. The van der Waals surface area contributed by atoms with Crippen LogP contribution in [0.15, 0.2) is 18.4 Å². The van der Waals surface area contributed by atoms with Crippen molar-refractivity contribution in [2.24, 2.45) is 0 Å². The zero-order valence-electron chi connectivity index (χ0n) is 3.42. The summed E-state index contributed by atoms with van der Waals surface area (Å²) in [6, 6.07) is 0. The molecule has 7 heavy (non-hydrogen) atoms. The van der Waals surface area contributed by atoms with Crippen molar-refractivity contribution >= 4 is 15.9 Å². The molecule has 0 saturated carbocycles. The molecule has 0 aliphatic heterocycles. The molecular weight excluding hydrogens is 166 g/mol. The maximum absolute atomic E-state index is 11.5. The van der Waals surface area contributed by atoms with Gasteiger partial charge in [0.25, 0.3) is 0 Å². The zero-order chi connectivity index (χ0) is 5.91. The van der Waals surface area contributed by atoms with Crippen LogP contribution in [0.5, 0.6) is 0 Å². The van der Waals surface area contributed by atoms with Gasteiger partial charge < -0.3 is 0 Å². The van der Waals surface area contributed by atoms with E-state index in [1.54, 1.807) is 0 Å². The van der Waals surface area contributed by atoms with Crippen molar-refractivity contribution < 1.29 is 8.78 Å². The predicted molar refractivity (Wildman–Crippen MR) is 27.6 cm³/mol. The lowest BCUT2D eigenvalue weighted by atomic mass is 10.6. The van der Waals surface area contributed by atoms with Gasteiger partial charge in [-0.25, -0.2) is 0 Å². The molecule has 0 heterocycles. The number of hydrogen-bond donors (Lipinski definition) is 0. The minimum atomic E-state index is -2.94. The number of rotatable bonds is 1. The first-order valence-electron chi connectivity index (χ1n) is 1.50. The Kier molecular flexibility index (Phi) is 2.20. The molecule has 0 aromatic carbocycles. The normalized spacial score (nSPS) is 10.1. The van der Waals surface area contributed by atoms with Crippen LogP contribution in [-0.2, 0) is 0 Å². The van der Waals surface area contributed by atoms with E-state index in [4.69, 9.17) is 0 Å². The monoisotopic (exact) mass is 168 g/mol. The maximum Gasteiger partial charge on any atom is 0.327 e. The second-order valence-electron chi connectivity index (χ2n) is 0.890. The van der Waals surface area contributed by atoms with Gasteiger partial charge in [-0.15, -0.1) is 5.73 Å². The predicted octanol–water partition coefficient (Wildman–Crippen LogP) is 2.32. The van der Waals surface area contributed by atoms with Gasteiger partial charge in [-0.1, -0.05) is 6.58 Å². The first-order valence-corrected chi connectivity index (χ1v) is 2.29. The minimum absolute atomic E-state index is 0.535. The van der Waals surface area contributed by atoms with Gasteiger partial charge in [-0.05, 0) is 15.9 Å². The molecule has 0 aromatic heterocycles. The molecule has 0 aromatic rings. The lowest BCUT2D eigenvalue weighted by Gasteiger charge is -1.94. The van der Waals surface area contributed by atoms with Crippen molar-refractivity contribution in [2.45, 2.75) is 4.83 Å². The smallest absolute Gasteiger partial charge is 0.188 e. The molecule has 3 heteroatoms. The molecule has 0 fully saturated rings. The van der Waals surface area contributed by atoms with E-state index in [1.807, 2.05) is 21.7 Å². The molecule has 0 N–H and O–H groups in total. The van der Waals surface area contributed by atoms with Crippen molar-refractivity contribution in [1.29, 1.82) is 0 Å². The van der Waals surface area contributed by atoms with Crippen LogP contribution >= 0.6 is 15.9 Å². The van der Waals surface area contributed by atoms with E-state index in [2.05, 4.69) is 6.58 Å². The lowest BCUT2D eigenvalue weighted by Crippen LogP contribution is -1.95. The molecule has 0 unspecified atom stereocenters. The minimum Gasteiger partial charge on any atom is -0.188 e. The summed E-state index contributed by atoms with van der Waals surface area (Å²) in [6.45, 7) is 2.96. The maximum atomic E-state index is 11.5. The Morgan fingerprint density at radius 2 is 2.14 bits per heavy atom. The summed E-state index contributed by atoms with van der Waals surface area (Å²) in [6.07, 6.45) is 0.535. The van der Waals surface area contributed by atoms with E-state index in [-0.39, 0.29) is 0 Å². The van der Waals surface area contributed by atoms with E-state index < -0.39 is 4.83 Å². The van der Waals surface area contributed by atoms with Gasteiger partial charge in [0.05, 0.1) is 0 Å². The molecule has 0 aliphatic rings. The van der Waals surface area contributed by atoms with Crippen molar-refractivity contribution in [1.82, 2.24) is 0 Å². The zero-order valence-corrected chi connectivity index (χ0v) is 5.00. The summed E-state index contributed by atoms with van der Waals surface area (Å²) in [4.78, 5) is -2.94. The van der Waals surface area contributed by atoms with Gasteiger partial charge in [0.15, 0.2) is 0 Å². The Balaban J connectivity index is 3.80. The van der Waals surface area contributed by atoms with Gasteiger partial charge in [0.1, 0.15) is 0 Å². The largest absolute Gasteiger partial charge is 0.327 e. The molecular formula is C4H3BrF2. The third-order valence-electron chi connectivity index (χ3n) is 0.266. The summed E-state index contributed by atoms with van der Waals surface area (Å²) in [7, 11) is 0. The number of alkyl halides is 3. The highest BCUT2D eigenvalue weighted by atomic mass is 79.9. The molecule has 0 spiro atoms. The average molecular weight is 169 g/mol. The standard InChI is InChI=1S/C4H3BrF2/c1-2-3-4(5,6)7/h3H,1H2. The first kappa shape index (κ1) is 6.86. The summed E-state index contributed by atoms with van der Waals surface area (Å²) in [5.41, 5.74) is 1.94. The van der Waals surface area contributed by atoms with Crippen LogP contribution in [0.25, 0.3) is 0 Å². The van der Waals surface area contributed by atoms with Crippen molar-refractivity contribution in [2.75, 3.05) is 0 Å². The first-order chi connectivity index (χ1) is 3.06. The second kappa shape index (κ2) is 2.24. The summed E-state index contributed by atoms with van der Waals surface area (Å²) < 4.78 is 23.0. The molecule has 0 atom stereocenters. The molecule has 0 saturated heterocycles. The van der Waals surface area contributed by atoms with Crippen LogP contribution in [0.4, 0.5) is 8.78 Å². The molecule has 0 amide bonds. The summed E-state index contributed by atoms with van der Waals surface area (Å²) in [5, 5.41) is 0. The van der Waals surface area contributed by atoms with Crippen molar-refractivity contribution in [3.05, 3.63) is 18.4 Å². The fourth-order valence-corrected chi connectivity index (χ4v) is 0.278. The quantitative estimate of drug-likeness (QED) is 0.417.